The maximum absolute atomic E-state index is 13.1. The second-order valence-electron chi connectivity index (χ2n) is 11.0. The normalized spacial score (nSPS) is 26.3. The molecule has 1 saturated heterocycles. The molecule has 4 aliphatic rings. The fourth-order valence-electron chi connectivity index (χ4n) is 6.53. The first-order chi connectivity index (χ1) is 17.0. The average molecular weight is 467 g/mol. The summed E-state index contributed by atoms with van der Waals surface area (Å²) in [7, 11) is 0. The molecular formula is C31H34N2O2. The number of ketones is 1. The molecule has 35 heavy (non-hydrogen) atoms. The maximum atomic E-state index is 13.1. The Morgan fingerprint density at radius 1 is 1.09 bits per heavy atom. The molecule has 4 nitrogen and oxygen atoms in total. The molecule has 3 fully saturated rings. The Hall–Kier alpha value is -3.14. The number of rotatable bonds is 5. The highest BCUT2D eigenvalue weighted by Gasteiger charge is 2.40. The van der Waals surface area contributed by atoms with Crippen molar-refractivity contribution in [1.29, 1.82) is 0 Å². The molecule has 2 aromatic carbocycles. The van der Waals surface area contributed by atoms with Crippen molar-refractivity contribution < 1.29 is 9.90 Å². The number of phenolic OH excluding ortho intramolecular Hbond substituents is 1. The summed E-state index contributed by atoms with van der Waals surface area (Å²) in [6.07, 6.45) is 8.23. The van der Waals surface area contributed by atoms with Crippen LogP contribution in [0.4, 0.5) is 0 Å². The highest BCUT2D eigenvalue weighted by molar-refractivity contribution is 5.88. The molecule has 4 heteroatoms. The summed E-state index contributed by atoms with van der Waals surface area (Å²) >= 11 is 0. The zero-order valence-corrected chi connectivity index (χ0v) is 20.5. The second-order valence-corrected chi connectivity index (χ2v) is 11.0. The zero-order valence-electron chi connectivity index (χ0n) is 20.5. The van der Waals surface area contributed by atoms with E-state index in [1.165, 1.54) is 12.0 Å². The van der Waals surface area contributed by atoms with E-state index >= 15 is 0 Å². The fourth-order valence-corrected chi connectivity index (χ4v) is 6.53. The summed E-state index contributed by atoms with van der Waals surface area (Å²) in [6.45, 7) is 8.39. The molecular weight excluding hydrogens is 432 g/mol. The summed E-state index contributed by atoms with van der Waals surface area (Å²) in [5.74, 6) is 2.41. The largest absolute Gasteiger partial charge is 0.507 e. The van der Waals surface area contributed by atoms with Crippen molar-refractivity contribution in [3.8, 4) is 16.9 Å². The highest BCUT2D eigenvalue weighted by atomic mass is 16.3. The highest BCUT2D eigenvalue weighted by Crippen LogP contribution is 2.48. The molecule has 0 aromatic heterocycles. The van der Waals surface area contributed by atoms with Crippen LogP contribution >= 0.6 is 0 Å². The summed E-state index contributed by atoms with van der Waals surface area (Å²) in [5, 5.41) is 10.4. The third-order valence-electron chi connectivity index (χ3n) is 8.72. The van der Waals surface area contributed by atoms with Gasteiger partial charge in [-0.2, -0.15) is 0 Å². The van der Waals surface area contributed by atoms with E-state index in [1.54, 1.807) is 6.07 Å². The number of hydrogen-bond donors (Lipinski definition) is 1. The Morgan fingerprint density at radius 3 is 2.71 bits per heavy atom. The Bertz CT molecular complexity index is 1250. The third-order valence-corrected chi connectivity index (χ3v) is 8.72. The number of phenols is 1. The van der Waals surface area contributed by atoms with Gasteiger partial charge in [0.1, 0.15) is 11.5 Å². The Kier molecular flexibility index (Phi) is 5.63. The third kappa shape index (κ3) is 4.24. The molecule has 2 saturated carbocycles. The van der Waals surface area contributed by atoms with Crippen molar-refractivity contribution in [3.63, 3.8) is 0 Å². The minimum atomic E-state index is -0.0316. The summed E-state index contributed by atoms with van der Waals surface area (Å²) < 4.78 is 0. The molecule has 2 aliphatic heterocycles. The average Bonchev–Trinajstić information content (AvgIpc) is 3.57. The van der Waals surface area contributed by atoms with Crippen molar-refractivity contribution in [2.75, 3.05) is 13.1 Å². The number of allylic oxidation sites excluding steroid dienone is 1. The molecule has 0 radical (unpaired) electrons. The van der Waals surface area contributed by atoms with Gasteiger partial charge in [0.05, 0.1) is 11.4 Å². The fraction of sp³-hybridized carbons (Fsp3) is 0.419. The van der Waals surface area contributed by atoms with Gasteiger partial charge in [0.15, 0.2) is 0 Å². The predicted molar refractivity (Wildman–Crippen MR) is 140 cm³/mol. The van der Waals surface area contributed by atoms with Crippen LogP contribution in [0, 0.1) is 24.7 Å². The van der Waals surface area contributed by atoms with Crippen molar-refractivity contribution in [2.45, 2.75) is 51.4 Å². The van der Waals surface area contributed by atoms with Gasteiger partial charge < -0.3 is 10.0 Å². The summed E-state index contributed by atoms with van der Waals surface area (Å²) in [4.78, 5) is 20.2. The number of likely N-dealkylation sites (tertiary alicyclic amines) is 1. The van der Waals surface area contributed by atoms with Crippen LogP contribution in [0.15, 0.2) is 71.0 Å². The molecule has 6 rings (SSSR count). The summed E-state index contributed by atoms with van der Waals surface area (Å²) in [6, 6.07) is 14.0. The van der Waals surface area contributed by atoms with E-state index in [4.69, 9.17) is 0 Å². The van der Waals surface area contributed by atoms with Gasteiger partial charge in [0.25, 0.3) is 0 Å². The standard InChI is InChI=1S/C31H34N2O2/c1-19-6-7-26(29(34)14-19)22-4-3-5-23(15-22)27-17-25(18-30(27)35)21-9-12-33(13-10-21)20(2)31-28-16-24(28)8-11-32-31/h3-7,11,14-15,21,24-25,27,34H,2,8-10,12-13,16-18H2,1H3. The van der Waals surface area contributed by atoms with Crippen molar-refractivity contribution >= 4 is 12.0 Å². The van der Waals surface area contributed by atoms with Gasteiger partial charge in [0, 0.05) is 37.2 Å². The Morgan fingerprint density at radius 2 is 1.91 bits per heavy atom. The smallest absolute Gasteiger partial charge is 0.140 e. The number of carbonyl (C=O) groups excluding carboxylic acids is 1. The zero-order chi connectivity index (χ0) is 24.1. The van der Waals surface area contributed by atoms with Crippen LogP contribution < -0.4 is 0 Å². The minimum Gasteiger partial charge on any atom is -0.507 e. The van der Waals surface area contributed by atoms with Crippen molar-refractivity contribution in [2.24, 2.45) is 22.7 Å². The molecule has 0 bridgehead atoms. The van der Waals surface area contributed by atoms with Gasteiger partial charge in [0.2, 0.25) is 0 Å². The first-order valence-corrected chi connectivity index (χ1v) is 13.1. The van der Waals surface area contributed by atoms with E-state index in [0.29, 0.717) is 29.8 Å². The number of fused-ring (bicyclic) bond motifs is 1. The first kappa shape index (κ1) is 22.3. The lowest BCUT2D eigenvalue weighted by atomic mass is 9.82. The van der Waals surface area contributed by atoms with Gasteiger partial charge in [-0.25, -0.2) is 0 Å². The molecule has 180 valence electrons. The van der Waals surface area contributed by atoms with Crippen LogP contribution in [0.1, 0.15) is 55.6 Å². The number of benzene rings is 2. The van der Waals surface area contributed by atoms with Crippen LogP contribution in [-0.4, -0.2) is 35.1 Å². The van der Waals surface area contributed by atoms with Gasteiger partial charge in [-0.05, 0) is 85.1 Å². The van der Waals surface area contributed by atoms with Gasteiger partial charge >= 0.3 is 0 Å². The SMILES string of the molecule is C=C(C1=C2CC2CC=N1)N1CCC(C2CC(=O)C(c3cccc(-c4ccc(C)cc4O)c3)C2)CC1. The molecule has 1 N–H and O–H groups in total. The molecule has 0 amide bonds. The quantitative estimate of drug-likeness (QED) is 0.554. The summed E-state index contributed by atoms with van der Waals surface area (Å²) in [5.41, 5.74) is 7.67. The van der Waals surface area contributed by atoms with E-state index in [0.717, 1.165) is 78.3 Å². The lowest BCUT2D eigenvalue weighted by Gasteiger charge is -2.37. The molecule has 2 aromatic rings. The molecule has 3 atom stereocenters. The lowest BCUT2D eigenvalue weighted by Crippen LogP contribution is -2.35. The molecule has 0 spiro atoms. The van der Waals surface area contributed by atoms with E-state index in [2.05, 4.69) is 34.8 Å². The predicted octanol–water partition coefficient (Wildman–Crippen LogP) is 6.40. The number of nitrogens with zero attached hydrogens (tertiary/aromatic N) is 2. The number of carbonyl (C=O) groups is 1. The van der Waals surface area contributed by atoms with Crippen LogP contribution in [0.5, 0.6) is 5.75 Å². The van der Waals surface area contributed by atoms with Gasteiger partial charge in [-0.1, -0.05) is 43.0 Å². The van der Waals surface area contributed by atoms with Crippen LogP contribution in [0.25, 0.3) is 11.1 Å². The van der Waals surface area contributed by atoms with Gasteiger partial charge in [-0.15, -0.1) is 0 Å². The number of aromatic hydroxyl groups is 1. The Labute approximate surface area is 208 Å². The molecule has 2 heterocycles. The number of aryl methyl sites for hydroxylation is 1. The number of Topliss-reactive ketones (excluding diaryl/α,β-unsaturated/α-hetero) is 1. The monoisotopic (exact) mass is 466 g/mol. The second kappa shape index (κ2) is 8.82. The molecule has 2 aliphatic carbocycles. The lowest BCUT2D eigenvalue weighted by molar-refractivity contribution is -0.118. The Balaban J connectivity index is 1.11. The maximum Gasteiger partial charge on any atom is 0.140 e. The number of hydrogen-bond acceptors (Lipinski definition) is 4. The van der Waals surface area contributed by atoms with Crippen LogP contribution in [0.3, 0.4) is 0 Å². The topological polar surface area (TPSA) is 52.9 Å². The first-order valence-electron chi connectivity index (χ1n) is 13.1. The number of aliphatic imine (C=N–C) groups is 1. The van der Waals surface area contributed by atoms with Crippen molar-refractivity contribution in [1.82, 2.24) is 4.90 Å². The minimum absolute atomic E-state index is 0.0316. The van der Waals surface area contributed by atoms with Crippen LogP contribution in [0.2, 0.25) is 0 Å². The van der Waals surface area contributed by atoms with E-state index < -0.39 is 0 Å². The van der Waals surface area contributed by atoms with Crippen LogP contribution in [-0.2, 0) is 4.79 Å². The van der Waals surface area contributed by atoms with E-state index in [9.17, 15) is 9.90 Å². The van der Waals surface area contributed by atoms with E-state index in [1.807, 2.05) is 31.2 Å². The van der Waals surface area contributed by atoms with Gasteiger partial charge in [-0.3, -0.25) is 9.79 Å². The van der Waals surface area contributed by atoms with E-state index in [-0.39, 0.29) is 5.92 Å². The number of piperidine rings is 1. The molecule has 3 unspecified atom stereocenters. The van der Waals surface area contributed by atoms with Crippen molar-refractivity contribution in [3.05, 3.63) is 77.1 Å².